The van der Waals surface area contributed by atoms with Crippen molar-refractivity contribution in [2.24, 2.45) is 0 Å². The molecule has 90 valence electrons. The summed E-state index contributed by atoms with van der Waals surface area (Å²) in [7, 11) is 0. The zero-order chi connectivity index (χ0) is 11.8. The zero-order valence-electron chi connectivity index (χ0n) is 10.5. The molecule has 1 aliphatic heterocycles. The molecule has 2 heterocycles. The highest BCUT2D eigenvalue weighted by atomic mass is 32.2. The summed E-state index contributed by atoms with van der Waals surface area (Å²) in [5.41, 5.74) is 1.34. The van der Waals surface area contributed by atoms with E-state index in [0.717, 1.165) is 17.5 Å². The number of hydrogen-bond donors (Lipinski definition) is 1. The van der Waals surface area contributed by atoms with E-state index in [0.29, 0.717) is 0 Å². The molecular weight excluding hydrogens is 236 g/mol. The van der Waals surface area contributed by atoms with Gasteiger partial charge >= 0.3 is 0 Å². The van der Waals surface area contributed by atoms with Crippen molar-refractivity contribution in [1.29, 1.82) is 0 Å². The van der Waals surface area contributed by atoms with Gasteiger partial charge in [0.15, 0.2) is 0 Å². The van der Waals surface area contributed by atoms with Crippen LogP contribution in [0, 0.1) is 13.8 Å². The fraction of sp³-hybridized carbons (Fsp3) is 0.750. The number of nitrogens with one attached hydrogen (secondary N) is 1. The number of rotatable bonds is 3. The molecule has 1 aromatic rings. The van der Waals surface area contributed by atoms with E-state index in [9.17, 15) is 0 Å². The molecule has 1 N–H and O–H groups in total. The van der Waals surface area contributed by atoms with Gasteiger partial charge < -0.3 is 5.32 Å². The van der Waals surface area contributed by atoms with Gasteiger partial charge in [-0.3, -0.25) is 0 Å². The Labute approximate surface area is 106 Å². The van der Waals surface area contributed by atoms with Gasteiger partial charge in [0.2, 0.25) is 0 Å². The molecule has 2 nitrogen and oxygen atoms in total. The minimum Gasteiger partial charge on any atom is -0.305 e. The zero-order valence-corrected chi connectivity index (χ0v) is 12.1. The van der Waals surface area contributed by atoms with Crippen molar-refractivity contribution < 1.29 is 0 Å². The van der Waals surface area contributed by atoms with Crippen molar-refractivity contribution in [3.8, 4) is 0 Å². The highest BCUT2D eigenvalue weighted by molar-refractivity contribution is 8.00. The monoisotopic (exact) mass is 256 g/mol. The molecule has 1 aromatic heterocycles. The van der Waals surface area contributed by atoms with Crippen LogP contribution in [-0.4, -0.2) is 22.5 Å². The van der Waals surface area contributed by atoms with Gasteiger partial charge in [0, 0.05) is 15.9 Å². The lowest BCUT2D eigenvalue weighted by atomic mass is 9.97. The first-order chi connectivity index (χ1) is 7.57. The van der Waals surface area contributed by atoms with Crippen LogP contribution in [0.15, 0.2) is 0 Å². The molecule has 2 rings (SSSR count). The van der Waals surface area contributed by atoms with Gasteiger partial charge in [-0.2, -0.15) is 11.8 Å². The van der Waals surface area contributed by atoms with Crippen LogP contribution in [-0.2, 0) is 5.54 Å². The van der Waals surface area contributed by atoms with Gasteiger partial charge in [-0.15, -0.1) is 11.3 Å². The van der Waals surface area contributed by atoms with Crippen LogP contribution >= 0.6 is 23.1 Å². The lowest BCUT2D eigenvalue weighted by Crippen LogP contribution is -2.42. The second-order valence-corrected chi connectivity index (χ2v) is 7.23. The maximum Gasteiger partial charge on any atom is 0.114 e. The van der Waals surface area contributed by atoms with Crippen LogP contribution in [0.2, 0.25) is 0 Å². The average molecular weight is 256 g/mol. The van der Waals surface area contributed by atoms with Crippen molar-refractivity contribution >= 4 is 23.1 Å². The molecule has 0 aliphatic carbocycles. The molecule has 2 unspecified atom stereocenters. The van der Waals surface area contributed by atoms with Crippen LogP contribution in [0.25, 0.3) is 0 Å². The Kier molecular flexibility index (Phi) is 3.62. The second-order valence-electron chi connectivity index (χ2n) is 4.60. The quantitative estimate of drug-likeness (QED) is 0.899. The van der Waals surface area contributed by atoms with Crippen molar-refractivity contribution in [2.45, 2.75) is 44.9 Å². The van der Waals surface area contributed by atoms with Crippen molar-refractivity contribution in [2.75, 3.05) is 12.3 Å². The molecule has 0 bridgehead atoms. The number of nitrogens with zero attached hydrogens (tertiary/aromatic N) is 1. The number of hydrogen-bond acceptors (Lipinski definition) is 4. The summed E-state index contributed by atoms with van der Waals surface area (Å²) in [5.74, 6) is 1.16. The molecule has 4 heteroatoms. The first-order valence-corrected chi connectivity index (χ1v) is 7.75. The van der Waals surface area contributed by atoms with E-state index < -0.39 is 0 Å². The molecule has 0 radical (unpaired) electrons. The Balaban J connectivity index is 2.32. The van der Waals surface area contributed by atoms with E-state index in [-0.39, 0.29) is 5.54 Å². The van der Waals surface area contributed by atoms with Gasteiger partial charge in [0.1, 0.15) is 5.01 Å². The number of thioether (sulfide) groups is 1. The first kappa shape index (κ1) is 12.4. The molecule has 1 saturated heterocycles. The molecule has 2 atom stereocenters. The maximum atomic E-state index is 4.76. The van der Waals surface area contributed by atoms with E-state index in [4.69, 9.17) is 4.98 Å². The standard InChI is InChI=1S/C12H20N2S2/c1-5-13-12(6-8(2)15-7-12)11-14-9(3)10(4)16-11/h8,13H,5-7H2,1-4H3. The lowest BCUT2D eigenvalue weighted by molar-refractivity contribution is 0.371. The highest BCUT2D eigenvalue weighted by Gasteiger charge is 2.41. The van der Waals surface area contributed by atoms with E-state index in [1.807, 2.05) is 11.3 Å². The fourth-order valence-corrected chi connectivity index (χ4v) is 4.77. The number of aryl methyl sites for hydroxylation is 2. The summed E-state index contributed by atoms with van der Waals surface area (Å²) in [4.78, 5) is 6.12. The van der Waals surface area contributed by atoms with E-state index in [1.165, 1.54) is 22.0 Å². The van der Waals surface area contributed by atoms with Crippen LogP contribution in [0.4, 0.5) is 0 Å². The Morgan fingerprint density at radius 1 is 1.50 bits per heavy atom. The van der Waals surface area contributed by atoms with Crippen LogP contribution in [0.1, 0.15) is 35.8 Å². The molecule has 0 spiro atoms. The predicted octanol–water partition coefficient (Wildman–Crippen LogP) is 3.09. The summed E-state index contributed by atoms with van der Waals surface area (Å²) in [5, 5.41) is 5.70. The summed E-state index contributed by atoms with van der Waals surface area (Å²) in [6, 6.07) is 0. The van der Waals surface area contributed by atoms with E-state index >= 15 is 0 Å². The fourth-order valence-electron chi connectivity index (χ4n) is 2.26. The first-order valence-electron chi connectivity index (χ1n) is 5.88. The van der Waals surface area contributed by atoms with Crippen molar-refractivity contribution in [3.05, 3.63) is 15.6 Å². The number of aromatic nitrogens is 1. The maximum absolute atomic E-state index is 4.76. The molecule has 0 amide bonds. The van der Waals surface area contributed by atoms with E-state index in [2.05, 4.69) is 44.8 Å². The molecular formula is C12H20N2S2. The third-order valence-corrected chi connectivity index (χ3v) is 5.88. The van der Waals surface area contributed by atoms with Crippen molar-refractivity contribution in [3.63, 3.8) is 0 Å². The van der Waals surface area contributed by atoms with E-state index in [1.54, 1.807) is 0 Å². The topological polar surface area (TPSA) is 24.9 Å². The summed E-state index contributed by atoms with van der Waals surface area (Å²) >= 11 is 3.92. The molecule has 0 aromatic carbocycles. The highest BCUT2D eigenvalue weighted by Crippen LogP contribution is 2.43. The minimum absolute atomic E-state index is 0.141. The largest absolute Gasteiger partial charge is 0.305 e. The van der Waals surface area contributed by atoms with Gasteiger partial charge in [0.25, 0.3) is 0 Å². The number of thiazole rings is 1. The van der Waals surface area contributed by atoms with Crippen molar-refractivity contribution in [1.82, 2.24) is 10.3 Å². The molecule has 1 fully saturated rings. The predicted molar refractivity (Wildman–Crippen MR) is 73.5 cm³/mol. The lowest BCUT2D eigenvalue weighted by Gasteiger charge is -2.27. The second kappa shape index (κ2) is 4.67. The average Bonchev–Trinajstić information content (AvgIpc) is 2.74. The van der Waals surface area contributed by atoms with Gasteiger partial charge in [-0.1, -0.05) is 13.8 Å². The Morgan fingerprint density at radius 2 is 2.25 bits per heavy atom. The summed E-state index contributed by atoms with van der Waals surface area (Å²) in [6.07, 6.45) is 1.21. The Hall–Kier alpha value is -0.0600. The third-order valence-electron chi connectivity index (χ3n) is 3.20. The SMILES string of the molecule is CCNC1(c2nc(C)c(C)s2)CSC(C)C1. The normalized spacial score (nSPS) is 29.9. The smallest absolute Gasteiger partial charge is 0.114 e. The van der Waals surface area contributed by atoms with Gasteiger partial charge in [-0.05, 0) is 26.8 Å². The molecule has 0 saturated carbocycles. The third kappa shape index (κ3) is 2.15. The van der Waals surface area contributed by atoms with Gasteiger partial charge in [0.05, 0.1) is 11.2 Å². The summed E-state index contributed by atoms with van der Waals surface area (Å²) in [6.45, 7) is 9.80. The summed E-state index contributed by atoms with van der Waals surface area (Å²) < 4.78 is 0. The Morgan fingerprint density at radius 3 is 2.69 bits per heavy atom. The van der Waals surface area contributed by atoms with Crippen LogP contribution in [0.3, 0.4) is 0 Å². The van der Waals surface area contributed by atoms with Gasteiger partial charge in [-0.25, -0.2) is 4.98 Å². The van der Waals surface area contributed by atoms with Crippen LogP contribution < -0.4 is 5.32 Å². The van der Waals surface area contributed by atoms with Crippen LogP contribution in [0.5, 0.6) is 0 Å². The molecule has 1 aliphatic rings. The molecule has 16 heavy (non-hydrogen) atoms. The minimum atomic E-state index is 0.141. The Bertz CT molecular complexity index is 352.